The zero-order valence-electron chi connectivity index (χ0n) is 11.6. The Morgan fingerprint density at radius 2 is 1.91 bits per heavy atom. The summed E-state index contributed by atoms with van der Waals surface area (Å²) in [7, 11) is 2.13. The number of aliphatic hydroxyl groups is 1. The second-order valence-electron chi connectivity index (χ2n) is 4.21. The molecule has 0 saturated heterocycles. The van der Waals surface area contributed by atoms with Gasteiger partial charge in [0, 0.05) is 17.7 Å². The van der Waals surface area contributed by atoms with Gasteiger partial charge in [-0.05, 0) is 6.07 Å². The third kappa shape index (κ3) is 2.49. The van der Waals surface area contributed by atoms with E-state index in [1.807, 2.05) is 0 Å². The van der Waals surface area contributed by atoms with Crippen LogP contribution in [0, 0.1) is 10.1 Å². The molecule has 9 nitrogen and oxygen atoms in total. The monoisotopic (exact) mass is 309 g/mol. The summed E-state index contributed by atoms with van der Waals surface area (Å²) in [5, 5.41) is 21.1. The Bertz CT molecular complexity index is 693. The number of methoxy groups -OCH3 is 2. The lowest BCUT2D eigenvalue weighted by atomic mass is 9.96. The molecule has 22 heavy (non-hydrogen) atoms. The molecule has 0 fully saturated rings. The number of fused-ring (bicyclic) bond motifs is 1. The standard InChI is InChI=1S/C13H11NO8/c1-20-12(16)9-10(15)7-5-6(14(18)19)3-4-8(7)22-11(9)13(17)21-2/h3-5,10,15H,1-2H3. The van der Waals surface area contributed by atoms with Crippen LogP contribution >= 0.6 is 0 Å². The molecule has 1 atom stereocenters. The number of hydrogen-bond donors (Lipinski definition) is 1. The van der Waals surface area contributed by atoms with Crippen LogP contribution in [0.25, 0.3) is 0 Å². The fourth-order valence-corrected chi connectivity index (χ4v) is 1.96. The average molecular weight is 309 g/mol. The van der Waals surface area contributed by atoms with Crippen LogP contribution in [-0.2, 0) is 19.1 Å². The van der Waals surface area contributed by atoms with Crippen LogP contribution in [0.15, 0.2) is 29.5 Å². The molecule has 1 aliphatic rings. The fourth-order valence-electron chi connectivity index (χ4n) is 1.96. The van der Waals surface area contributed by atoms with Gasteiger partial charge in [-0.15, -0.1) is 0 Å². The number of nitrogens with zero attached hydrogens (tertiary/aromatic N) is 1. The molecule has 116 valence electrons. The van der Waals surface area contributed by atoms with E-state index in [1.165, 1.54) is 6.07 Å². The topological polar surface area (TPSA) is 125 Å². The van der Waals surface area contributed by atoms with Gasteiger partial charge in [0.2, 0.25) is 5.76 Å². The van der Waals surface area contributed by atoms with Gasteiger partial charge in [-0.1, -0.05) is 0 Å². The Kier molecular flexibility index (Phi) is 4.08. The van der Waals surface area contributed by atoms with Crippen molar-refractivity contribution in [2.24, 2.45) is 0 Å². The van der Waals surface area contributed by atoms with E-state index in [-0.39, 0.29) is 17.0 Å². The summed E-state index contributed by atoms with van der Waals surface area (Å²) < 4.78 is 14.2. The zero-order chi connectivity index (χ0) is 16.4. The quantitative estimate of drug-likeness (QED) is 0.489. The van der Waals surface area contributed by atoms with E-state index < -0.39 is 34.3 Å². The molecule has 1 aliphatic heterocycles. The molecule has 0 aliphatic carbocycles. The Morgan fingerprint density at radius 3 is 2.45 bits per heavy atom. The largest absolute Gasteiger partial charge is 0.465 e. The van der Waals surface area contributed by atoms with Crippen molar-refractivity contribution in [3.8, 4) is 5.75 Å². The van der Waals surface area contributed by atoms with Crippen LogP contribution in [0.3, 0.4) is 0 Å². The Balaban J connectivity index is 2.60. The highest BCUT2D eigenvalue weighted by Gasteiger charge is 2.38. The highest BCUT2D eigenvalue weighted by molar-refractivity contribution is 6.01. The number of rotatable bonds is 3. The molecular weight excluding hydrogens is 298 g/mol. The first kappa shape index (κ1) is 15.4. The smallest absolute Gasteiger partial charge is 0.374 e. The van der Waals surface area contributed by atoms with Gasteiger partial charge in [0.25, 0.3) is 5.69 Å². The van der Waals surface area contributed by atoms with Crippen molar-refractivity contribution in [1.29, 1.82) is 0 Å². The highest BCUT2D eigenvalue weighted by Crippen LogP contribution is 2.40. The van der Waals surface area contributed by atoms with E-state index in [0.29, 0.717) is 0 Å². The number of nitro groups is 1. The van der Waals surface area contributed by atoms with Crippen molar-refractivity contribution in [3.63, 3.8) is 0 Å². The highest BCUT2D eigenvalue weighted by atomic mass is 16.6. The summed E-state index contributed by atoms with van der Waals surface area (Å²) >= 11 is 0. The number of benzene rings is 1. The molecule has 0 aromatic heterocycles. The lowest BCUT2D eigenvalue weighted by Crippen LogP contribution is -2.27. The Hall–Kier alpha value is -2.94. The first-order valence-corrected chi connectivity index (χ1v) is 5.95. The van der Waals surface area contributed by atoms with Gasteiger partial charge in [0.15, 0.2) is 0 Å². The van der Waals surface area contributed by atoms with Crippen molar-refractivity contribution in [2.45, 2.75) is 6.10 Å². The van der Waals surface area contributed by atoms with E-state index in [0.717, 1.165) is 26.4 Å². The molecule has 0 amide bonds. The van der Waals surface area contributed by atoms with Crippen LogP contribution in [0.5, 0.6) is 5.75 Å². The first-order chi connectivity index (χ1) is 10.4. The molecule has 1 aromatic carbocycles. The van der Waals surface area contributed by atoms with Gasteiger partial charge < -0.3 is 19.3 Å². The number of non-ortho nitro benzene ring substituents is 1. The van der Waals surface area contributed by atoms with E-state index in [9.17, 15) is 24.8 Å². The average Bonchev–Trinajstić information content (AvgIpc) is 2.52. The van der Waals surface area contributed by atoms with Crippen LogP contribution in [0.4, 0.5) is 5.69 Å². The predicted molar refractivity (Wildman–Crippen MR) is 69.7 cm³/mol. The van der Waals surface area contributed by atoms with Crippen molar-refractivity contribution in [2.75, 3.05) is 14.2 Å². The van der Waals surface area contributed by atoms with Gasteiger partial charge >= 0.3 is 11.9 Å². The van der Waals surface area contributed by atoms with Crippen LogP contribution in [0.2, 0.25) is 0 Å². The molecule has 1 heterocycles. The molecule has 0 bridgehead atoms. The molecule has 1 aromatic rings. The zero-order valence-corrected chi connectivity index (χ0v) is 11.6. The third-order valence-corrected chi connectivity index (χ3v) is 3.00. The molecule has 1 N–H and O–H groups in total. The number of esters is 2. The molecule has 0 radical (unpaired) electrons. The van der Waals surface area contributed by atoms with Gasteiger partial charge in [0.05, 0.1) is 19.1 Å². The summed E-state index contributed by atoms with van der Waals surface area (Å²) in [5.74, 6) is -2.51. The van der Waals surface area contributed by atoms with Crippen LogP contribution < -0.4 is 4.74 Å². The second kappa shape index (κ2) is 5.82. The maximum absolute atomic E-state index is 11.8. The normalized spacial score (nSPS) is 16.4. The number of ether oxygens (including phenoxy) is 3. The van der Waals surface area contributed by atoms with E-state index >= 15 is 0 Å². The SMILES string of the molecule is COC(=O)C1=C(C(=O)OC)C(O)c2cc([N+](=O)[O-])ccc2O1. The van der Waals surface area contributed by atoms with Crippen LogP contribution in [-0.4, -0.2) is 36.2 Å². The predicted octanol–water partition coefficient (Wildman–Crippen LogP) is 0.621. The molecule has 0 saturated carbocycles. The molecule has 1 unspecified atom stereocenters. The number of aliphatic hydroxyl groups excluding tert-OH is 1. The van der Waals surface area contributed by atoms with Gasteiger partial charge in [-0.3, -0.25) is 10.1 Å². The summed E-state index contributed by atoms with van der Waals surface area (Å²) in [5.41, 5.74) is -0.809. The van der Waals surface area contributed by atoms with E-state index in [1.54, 1.807) is 0 Å². The summed E-state index contributed by atoms with van der Waals surface area (Å²) in [6.45, 7) is 0. The van der Waals surface area contributed by atoms with E-state index in [4.69, 9.17) is 4.74 Å². The van der Waals surface area contributed by atoms with Crippen LogP contribution in [0.1, 0.15) is 11.7 Å². The van der Waals surface area contributed by atoms with Gasteiger partial charge in [-0.25, -0.2) is 9.59 Å². The maximum Gasteiger partial charge on any atom is 0.374 e. The second-order valence-corrected chi connectivity index (χ2v) is 4.21. The molecular formula is C13H11NO8. The number of nitro benzene ring substituents is 1. The minimum absolute atomic E-state index is 0.00570. The lowest BCUT2D eigenvalue weighted by Gasteiger charge is -2.24. The Labute approximate surface area is 123 Å². The van der Waals surface area contributed by atoms with Crippen molar-refractivity contribution in [1.82, 2.24) is 0 Å². The Morgan fingerprint density at radius 1 is 1.27 bits per heavy atom. The molecule has 0 spiro atoms. The molecule has 2 rings (SSSR count). The third-order valence-electron chi connectivity index (χ3n) is 3.00. The number of carbonyl (C=O) groups is 2. The summed E-state index contributed by atoms with van der Waals surface area (Å²) in [6.07, 6.45) is -1.62. The lowest BCUT2D eigenvalue weighted by molar-refractivity contribution is -0.385. The van der Waals surface area contributed by atoms with Gasteiger partial charge in [0.1, 0.15) is 17.4 Å². The number of carbonyl (C=O) groups excluding carboxylic acids is 2. The van der Waals surface area contributed by atoms with Gasteiger partial charge in [-0.2, -0.15) is 0 Å². The minimum atomic E-state index is -1.62. The van der Waals surface area contributed by atoms with Crippen molar-refractivity contribution >= 4 is 17.6 Å². The fraction of sp³-hybridized carbons (Fsp3) is 0.231. The number of hydrogen-bond acceptors (Lipinski definition) is 8. The molecule has 9 heteroatoms. The summed E-state index contributed by atoms with van der Waals surface area (Å²) in [4.78, 5) is 33.6. The minimum Gasteiger partial charge on any atom is -0.465 e. The van der Waals surface area contributed by atoms with Crippen molar-refractivity contribution in [3.05, 3.63) is 45.2 Å². The maximum atomic E-state index is 11.8. The van der Waals surface area contributed by atoms with E-state index in [2.05, 4.69) is 9.47 Å². The van der Waals surface area contributed by atoms with Crippen molar-refractivity contribution < 1.29 is 33.8 Å². The first-order valence-electron chi connectivity index (χ1n) is 5.95. The summed E-state index contributed by atoms with van der Waals surface area (Å²) in [6, 6.07) is 3.41.